The molecule has 4 heteroatoms. The summed E-state index contributed by atoms with van der Waals surface area (Å²) in [5, 5.41) is 0.646. The number of rotatable bonds is 3. The number of nitrogens with two attached hydrogens (primary N) is 1. The molecule has 0 spiro atoms. The Balaban J connectivity index is 2.68. The SMILES string of the molecule is Cc1cc(N)ccc1SC/C(Cl)=C/Cl. The summed E-state index contributed by atoms with van der Waals surface area (Å²) >= 11 is 12.9. The van der Waals surface area contributed by atoms with Crippen LogP contribution in [0.3, 0.4) is 0 Å². The van der Waals surface area contributed by atoms with Crippen molar-refractivity contribution in [1.82, 2.24) is 0 Å². The van der Waals surface area contributed by atoms with Crippen molar-refractivity contribution in [2.45, 2.75) is 11.8 Å². The average molecular weight is 248 g/mol. The molecule has 14 heavy (non-hydrogen) atoms. The quantitative estimate of drug-likeness (QED) is 0.646. The third-order valence-corrected chi connectivity index (χ3v) is 3.68. The molecule has 0 aliphatic carbocycles. The Bertz CT molecular complexity index is 350. The molecule has 0 unspecified atom stereocenters. The van der Waals surface area contributed by atoms with Crippen LogP contribution in [0.25, 0.3) is 0 Å². The molecule has 0 radical (unpaired) electrons. The number of halogens is 2. The minimum absolute atomic E-state index is 0.646. The smallest absolute Gasteiger partial charge is 0.0396 e. The molecule has 0 amide bonds. The van der Waals surface area contributed by atoms with Crippen molar-refractivity contribution in [1.29, 1.82) is 0 Å². The summed E-state index contributed by atoms with van der Waals surface area (Å²) in [6.45, 7) is 2.02. The molecule has 0 fully saturated rings. The van der Waals surface area contributed by atoms with Gasteiger partial charge in [-0.25, -0.2) is 0 Å². The highest BCUT2D eigenvalue weighted by molar-refractivity contribution is 7.99. The van der Waals surface area contributed by atoms with Crippen molar-refractivity contribution in [3.05, 3.63) is 34.3 Å². The third kappa shape index (κ3) is 3.45. The predicted molar refractivity (Wildman–Crippen MR) is 66.1 cm³/mol. The van der Waals surface area contributed by atoms with Crippen LogP contribution in [0.1, 0.15) is 5.56 Å². The van der Waals surface area contributed by atoms with E-state index in [1.807, 2.05) is 25.1 Å². The van der Waals surface area contributed by atoms with Crippen molar-refractivity contribution in [2.24, 2.45) is 0 Å². The lowest BCUT2D eigenvalue weighted by Crippen LogP contribution is -1.88. The zero-order valence-corrected chi connectivity index (χ0v) is 10.1. The van der Waals surface area contributed by atoms with Gasteiger partial charge in [-0.1, -0.05) is 23.2 Å². The molecular weight excluding hydrogens is 237 g/mol. The van der Waals surface area contributed by atoms with Gasteiger partial charge in [-0.15, -0.1) is 11.8 Å². The van der Waals surface area contributed by atoms with Crippen molar-refractivity contribution in [3.8, 4) is 0 Å². The fourth-order valence-electron chi connectivity index (χ4n) is 1.01. The first-order valence-electron chi connectivity index (χ1n) is 4.07. The zero-order chi connectivity index (χ0) is 10.6. The second-order valence-corrected chi connectivity index (χ2v) is 4.59. The fraction of sp³-hybridized carbons (Fsp3) is 0.200. The number of thioether (sulfide) groups is 1. The minimum Gasteiger partial charge on any atom is -0.399 e. The summed E-state index contributed by atoms with van der Waals surface area (Å²) in [5.41, 5.74) is 8.98. The molecule has 0 heterocycles. The van der Waals surface area contributed by atoms with Crippen LogP contribution in [-0.2, 0) is 0 Å². The molecule has 0 bridgehead atoms. The Kier molecular flexibility index (Phi) is 4.66. The van der Waals surface area contributed by atoms with Crippen LogP contribution in [0.2, 0.25) is 0 Å². The fourth-order valence-corrected chi connectivity index (χ4v) is 2.17. The van der Waals surface area contributed by atoms with Gasteiger partial charge in [0, 0.05) is 26.9 Å². The van der Waals surface area contributed by atoms with Crippen molar-refractivity contribution < 1.29 is 0 Å². The van der Waals surface area contributed by atoms with Crippen LogP contribution in [0.4, 0.5) is 5.69 Å². The first kappa shape index (κ1) is 11.8. The zero-order valence-electron chi connectivity index (χ0n) is 7.76. The normalized spacial score (nSPS) is 11.8. The Morgan fingerprint density at radius 1 is 1.57 bits per heavy atom. The van der Waals surface area contributed by atoms with Crippen LogP contribution in [0.15, 0.2) is 33.7 Å². The van der Waals surface area contributed by atoms with E-state index in [1.54, 1.807) is 11.8 Å². The van der Waals surface area contributed by atoms with E-state index in [-0.39, 0.29) is 0 Å². The Labute approximate surface area is 98.3 Å². The Morgan fingerprint density at radius 3 is 2.86 bits per heavy atom. The number of benzene rings is 1. The summed E-state index contributed by atoms with van der Waals surface area (Å²) in [5.74, 6) is 0.690. The lowest BCUT2D eigenvalue weighted by Gasteiger charge is -2.05. The predicted octanol–water partition coefficient (Wildman–Crippen LogP) is 3.99. The van der Waals surface area contributed by atoms with Gasteiger partial charge in [0.25, 0.3) is 0 Å². The van der Waals surface area contributed by atoms with Gasteiger partial charge in [0.05, 0.1) is 0 Å². The topological polar surface area (TPSA) is 26.0 Å². The summed E-state index contributed by atoms with van der Waals surface area (Å²) in [7, 11) is 0. The van der Waals surface area contributed by atoms with Gasteiger partial charge in [0.15, 0.2) is 0 Å². The maximum absolute atomic E-state index is 5.78. The molecular formula is C10H11Cl2NS. The average Bonchev–Trinajstić information content (AvgIpc) is 2.16. The van der Waals surface area contributed by atoms with Crippen molar-refractivity contribution >= 4 is 40.7 Å². The lowest BCUT2D eigenvalue weighted by molar-refractivity contribution is 1.30. The summed E-state index contributed by atoms with van der Waals surface area (Å²) in [6, 6.07) is 5.82. The van der Waals surface area contributed by atoms with Gasteiger partial charge in [-0.2, -0.15) is 0 Å². The van der Waals surface area contributed by atoms with Crippen LogP contribution in [-0.4, -0.2) is 5.75 Å². The van der Waals surface area contributed by atoms with Gasteiger partial charge >= 0.3 is 0 Å². The van der Waals surface area contributed by atoms with Gasteiger partial charge in [0.2, 0.25) is 0 Å². The second-order valence-electron chi connectivity index (χ2n) is 2.87. The third-order valence-electron chi connectivity index (χ3n) is 1.68. The highest BCUT2D eigenvalue weighted by Crippen LogP contribution is 2.26. The first-order chi connectivity index (χ1) is 6.63. The molecule has 0 atom stereocenters. The van der Waals surface area contributed by atoms with Crippen LogP contribution >= 0.6 is 35.0 Å². The molecule has 1 nitrogen and oxygen atoms in total. The van der Waals surface area contributed by atoms with Gasteiger partial charge < -0.3 is 5.73 Å². The standard InChI is InChI=1S/C10H11Cl2NS/c1-7-4-9(13)2-3-10(7)14-6-8(12)5-11/h2-5H,6,13H2,1H3/b8-5-. The summed E-state index contributed by atoms with van der Waals surface area (Å²) < 4.78 is 0. The number of anilines is 1. The molecule has 1 aromatic carbocycles. The number of hydrogen-bond acceptors (Lipinski definition) is 2. The summed E-state index contributed by atoms with van der Waals surface area (Å²) in [4.78, 5) is 1.18. The Hall–Kier alpha value is -0.310. The van der Waals surface area contributed by atoms with E-state index >= 15 is 0 Å². The van der Waals surface area contributed by atoms with E-state index in [2.05, 4.69) is 0 Å². The molecule has 0 saturated carbocycles. The first-order valence-corrected chi connectivity index (χ1v) is 5.87. The van der Waals surface area contributed by atoms with Crippen molar-refractivity contribution in [3.63, 3.8) is 0 Å². The largest absolute Gasteiger partial charge is 0.399 e. The van der Waals surface area contributed by atoms with E-state index < -0.39 is 0 Å². The van der Waals surface area contributed by atoms with Gasteiger partial charge in [-0.3, -0.25) is 0 Å². The molecule has 1 aromatic rings. The highest BCUT2D eigenvalue weighted by Gasteiger charge is 2.00. The van der Waals surface area contributed by atoms with E-state index in [0.29, 0.717) is 10.8 Å². The van der Waals surface area contributed by atoms with Gasteiger partial charge in [-0.05, 0) is 30.7 Å². The molecule has 1 rings (SSSR count). The summed E-state index contributed by atoms with van der Waals surface area (Å²) in [6.07, 6.45) is 0. The Morgan fingerprint density at radius 2 is 2.29 bits per heavy atom. The highest BCUT2D eigenvalue weighted by atomic mass is 35.5. The monoisotopic (exact) mass is 247 g/mol. The van der Waals surface area contributed by atoms with E-state index in [0.717, 1.165) is 11.3 Å². The maximum Gasteiger partial charge on any atom is 0.0396 e. The molecule has 0 aliphatic heterocycles. The lowest BCUT2D eigenvalue weighted by atomic mass is 10.2. The van der Waals surface area contributed by atoms with Crippen LogP contribution in [0.5, 0.6) is 0 Å². The minimum atomic E-state index is 0.646. The molecule has 0 aromatic heterocycles. The van der Waals surface area contributed by atoms with Crippen molar-refractivity contribution in [2.75, 3.05) is 11.5 Å². The molecule has 0 aliphatic rings. The van der Waals surface area contributed by atoms with Crippen LogP contribution in [0, 0.1) is 6.92 Å². The maximum atomic E-state index is 5.78. The van der Waals surface area contributed by atoms with E-state index in [4.69, 9.17) is 28.9 Å². The number of nitrogen functional groups attached to an aromatic ring is 1. The second kappa shape index (κ2) is 5.54. The molecule has 76 valence electrons. The number of aryl methyl sites for hydroxylation is 1. The molecule has 2 N–H and O–H groups in total. The molecule has 0 saturated heterocycles. The van der Waals surface area contributed by atoms with E-state index in [9.17, 15) is 0 Å². The van der Waals surface area contributed by atoms with E-state index in [1.165, 1.54) is 10.4 Å². The number of hydrogen-bond donors (Lipinski definition) is 1. The van der Waals surface area contributed by atoms with Crippen LogP contribution < -0.4 is 5.73 Å². The van der Waals surface area contributed by atoms with Gasteiger partial charge in [0.1, 0.15) is 0 Å².